The lowest BCUT2D eigenvalue weighted by atomic mass is 10.1. The van der Waals surface area contributed by atoms with Gasteiger partial charge in [0.05, 0.1) is 23.3 Å². The summed E-state index contributed by atoms with van der Waals surface area (Å²) in [6.07, 6.45) is 0.864. The number of fused-ring (bicyclic) bond motifs is 2. The number of methoxy groups -OCH3 is 1. The molecule has 7 nitrogen and oxygen atoms in total. The fourth-order valence-corrected chi connectivity index (χ4v) is 5.86. The average molecular weight is 462 g/mol. The van der Waals surface area contributed by atoms with Crippen LogP contribution in [0.2, 0.25) is 0 Å². The van der Waals surface area contributed by atoms with Crippen LogP contribution in [0.5, 0.6) is 5.75 Å². The van der Waals surface area contributed by atoms with E-state index in [0.717, 1.165) is 16.7 Å². The van der Waals surface area contributed by atoms with Crippen molar-refractivity contribution in [3.63, 3.8) is 0 Å². The molecule has 2 heterocycles. The van der Waals surface area contributed by atoms with Crippen molar-refractivity contribution in [2.24, 2.45) is 0 Å². The van der Waals surface area contributed by atoms with Gasteiger partial charge in [-0.15, -0.1) is 0 Å². The first kappa shape index (κ1) is 21.4. The number of hydrogen-bond acceptors (Lipinski definition) is 5. The summed E-state index contributed by atoms with van der Waals surface area (Å²) in [6, 6.07) is 20.2. The summed E-state index contributed by atoms with van der Waals surface area (Å²) in [5.41, 5.74) is 1.77. The van der Waals surface area contributed by atoms with E-state index >= 15 is 0 Å². The Balaban J connectivity index is 1.43. The summed E-state index contributed by atoms with van der Waals surface area (Å²) in [4.78, 5) is 20.6. The smallest absolute Gasteiger partial charge is 0.255 e. The number of H-pyrrole nitrogens is 1. The van der Waals surface area contributed by atoms with Crippen molar-refractivity contribution in [1.82, 2.24) is 14.3 Å². The molecule has 8 heteroatoms. The van der Waals surface area contributed by atoms with Crippen LogP contribution < -0.4 is 10.3 Å². The lowest BCUT2D eigenvalue weighted by molar-refractivity contribution is 0.385. The minimum atomic E-state index is -3.77. The van der Waals surface area contributed by atoms with Gasteiger partial charge in [0.25, 0.3) is 5.56 Å². The predicted molar refractivity (Wildman–Crippen MR) is 126 cm³/mol. The number of nitrogens with one attached hydrogen (secondary N) is 1. The van der Waals surface area contributed by atoms with E-state index in [4.69, 9.17) is 4.74 Å². The minimum absolute atomic E-state index is 0.00599. The van der Waals surface area contributed by atoms with Crippen LogP contribution >= 0.6 is 0 Å². The van der Waals surface area contributed by atoms with Crippen LogP contribution in [0.15, 0.2) is 76.4 Å². The highest BCUT2D eigenvalue weighted by atomic mass is 32.2. The highest BCUT2D eigenvalue weighted by Gasteiger charge is 2.31. The van der Waals surface area contributed by atoms with Gasteiger partial charge < -0.3 is 9.72 Å². The van der Waals surface area contributed by atoms with Crippen LogP contribution in [0.25, 0.3) is 10.8 Å². The van der Waals surface area contributed by atoms with Crippen molar-refractivity contribution in [3.05, 3.63) is 99.7 Å². The van der Waals surface area contributed by atoms with Gasteiger partial charge in [-0.3, -0.25) is 4.79 Å². The first-order valence-corrected chi connectivity index (χ1v) is 12.1. The van der Waals surface area contributed by atoms with E-state index < -0.39 is 10.0 Å². The Morgan fingerprint density at radius 3 is 2.58 bits per heavy atom. The standard InChI is InChI=1S/C25H23N3O4S/c1-32-19-11-9-17(10-12-19)15-24-26-22-13-14-28(16-21(22)25(29)27-24)33(30,31)23-8-4-6-18-5-2-3-7-20(18)23/h2-12H,13-16H2,1H3,(H,26,27,29). The number of aromatic amines is 1. The minimum Gasteiger partial charge on any atom is -0.497 e. The molecule has 5 rings (SSSR count). The highest BCUT2D eigenvalue weighted by molar-refractivity contribution is 7.89. The SMILES string of the molecule is COc1ccc(Cc2nc3c(c(=O)[nH]2)CN(S(=O)(=O)c2cccc4ccccc24)CC3)cc1. The molecule has 168 valence electrons. The summed E-state index contributed by atoms with van der Waals surface area (Å²) in [6.45, 7) is 0.281. The monoisotopic (exact) mass is 461 g/mol. The number of aromatic nitrogens is 2. The summed E-state index contributed by atoms with van der Waals surface area (Å²) >= 11 is 0. The van der Waals surface area contributed by atoms with Gasteiger partial charge in [-0.25, -0.2) is 13.4 Å². The van der Waals surface area contributed by atoms with Crippen LogP contribution in [0.4, 0.5) is 0 Å². The Morgan fingerprint density at radius 2 is 1.79 bits per heavy atom. The summed E-state index contributed by atoms with van der Waals surface area (Å²) in [5, 5.41) is 1.53. The molecule has 1 N–H and O–H groups in total. The maximum Gasteiger partial charge on any atom is 0.255 e. The second-order valence-corrected chi connectivity index (χ2v) is 9.93. The van der Waals surface area contributed by atoms with Gasteiger partial charge in [-0.2, -0.15) is 4.31 Å². The predicted octanol–water partition coefficient (Wildman–Crippen LogP) is 3.27. The molecule has 0 atom stereocenters. The fraction of sp³-hybridized carbons (Fsp3) is 0.200. The van der Waals surface area contributed by atoms with Crippen molar-refractivity contribution in [1.29, 1.82) is 0 Å². The average Bonchev–Trinajstić information content (AvgIpc) is 2.84. The van der Waals surface area contributed by atoms with Crippen LogP contribution in [-0.4, -0.2) is 36.3 Å². The summed E-state index contributed by atoms with van der Waals surface area (Å²) < 4.78 is 33.5. The summed E-state index contributed by atoms with van der Waals surface area (Å²) in [5.74, 6) is 1.33. The van der Waals surface area contributed by atoms with Crippen LogP contribution in [0, 0.1) is 0 Å². The molecule has 0 fully saturated rings. The number of rotatable bonds is 5. The second-order valence-electron chi connectivity index (χ2n) is 8.03. The highest BCUT2D eigenvalue weighted by Crippen LogP contribution is 2.28. The zero-order valence-corrected chi connectivity index (χ0v) is 18.9. The molecule has 33 heavy (non-hydrogen) atoms. The molecule has 1 aromatic heterocycles. The quantitative estimate of drug-likeness (QED) is 0.493. The Labute approximate surface area is 191 Å². The normalized spacial score (nSPS) is 14.2. The Kier molecular flexibility index (Phi) is 5.47. The summed E-state index contributed by atoms with van der Waals surface area (Å²) in [7, 11) is -2.16. The Morgan fingerprint density at radius 1 is 1.03 bits per heavy atom. The third-order valence-electron chi connectivity index (χ3n) is 5.98. The number of sulfonamides is 1. The molecule has 0 aliphatic carbocycles. The van der Waals surface area contributed by atoms with Gasteiger partial charge >= 0.3 is 0 Å². The molecule has 0 radical (unpaired) electrons. The van der Waals surface area contributed by atoms with Gasteiger partial charge in [0, 0.05) is 31.3 Å². The zero-order chi connectivity index (χ0) is 23.0. The lowest BCUT2D eigenvalue weighted by Gasteiger charge is -2.27. The molecule has 4 aromatic rings. The molecule has 0 saturated heterocycles. The number of benzene rings is 3. The van der Waals surface area contributed by atoms with Crippen LogP contribution in [-0.2, 0) is 29.4 Å². The lowest BCUT2D eigenvalue weighted by Crippen LogP contribution is -2.39. The molecule has 0 unspecified atom stereocenters. The van der Waals surface area contributed by atoms with Crippen molar-refractivity contribution in [3.8, 4) is 5.75 Å². The number of ether oxygens (including phenoxy) is 1. The molecule has 0 bridgehead atoms. The van der Waals surface area contributed by atoms with E-state index in [0.29, 0.717) is 35.3 Å². The Bertz CT molecular complexity index is 1490. The van der Waals surface area contributed by atoms with Crippen LogP contribution in [0.1, 0.15) is 22.6 Å². The first-order valence-electron chi connectivity index (χ1n) is 10.7. The molecule has 0 spiro atoms. The zero-order valence-electron chi connectivity index (χ0n) is 18.1. The Hall–Kier alpha value is -3.49. The van der Waals surface area contributed by atoms with Gasteiger partial charge in [0.1, 0.15) is 11.6 Å². The third kappa shape index (κ3) is 4.03. The van der Waals surface area contributed by atoms with Gasteiger partial charge in [-0.05, 0) is 29.1 Å². The van der Waals surface area contributed by atoms with E-state index in [1.165, 1.54) is 4.31 Å². The van der Waals surface area contributed by atoms with Crippen molar-refractivity contribution >= 4 is 20.8 Å². The molecule has 1 aliphatic heterocycles. The van der Waals surface area contributed by atoms with E-state index in [1.54, 1.807) is 25.3 Å². The topological polar surface area (TPSA) is 92.4 Å². The number of hydrogen-bond donors (Lipinski definition) is 1. The van der Waals surface area contributed by atoms with Gasteiger partial charge in [-0.1, -0.05) is 48.5 Å². The van der Waals surface area contributed by atoms with Crippen LogP contribution in [0.3, 0.4) is 0 Å². The third-order valence-corrected chi connectivity index (χ3v) is 7.88. The maximum absolute atomic E-state index is 13.5. The maximum atomic E-state index is 13.5. The number of nitrogens with zero attached hydrogens (tertiary/aromatic N) is 2. The molecular formula is C25H23N3O4S. The van der Waals surface area contributed by atoms with E-state index in [2.05, 4.69) is 9.97 Å². The van der Waals surface area contributed by atoms with Crippen molar-refractivity contribution in [2.45, 2.75) is 24.3 Å². The fourth-order valence-electron chi connectivity index (χ4n) is 4.24. The van der Waals surface area contributed by atoms with Crippen molar-refractivity contribution < 1.29 is 13.2 Å². The van der Waals surface area contributed by atoms with E-state index in [-0.39, 0.29) is 23.5 Å². The van der Waals surface area contributed by atoms with Gasteiger partial charge in [0.2, 0.25) is 10.0 Å². The van der Waals surface area contributed by atoms with E-state index in [9.17, 15) is 13.2 Å². The largest absolute Gasteiger partial charge is 0.497 e. The molecule has 1 aliphatic rings. The molecule has 3 aromatic carbocycles. The second kappa shape index (κ2) is 8.46. The molecule has 0 amide bonds. The van der Waals surface area contributed by atoms with E-state index in [1.807, 2.05) is 48.5 Å². The first-order chi connectivity index (χ1) is 16.0. The van der Waals surface area contributed by atoms with Gasteiger partial charge in [0.15, 0.2) is 0 Å². The van der Waals surface area contributed by atoms with Crippen molar-refractivity contribution in [2.75, 3.05) is 13.7 Å². The molecular weight excluding hydrogens is 438 g/mol. The molecule has 0 saturated carbocycles.